The molecule has 0 spiro atoms. The zero-order valence-corrected chi connectivity index (χ0v) is 25.3. The molecule has 3 aromatic rings. The molecule has 0 fully saturated rings. The smallest absolute Gasteiger partial charge is 0.264 e. The number of para-hydroxylation sites is 1. The molecule has 0 saturated carbocycles. The first-order valence-corrected chi connectivity index (χ1v) is 15.3. The molecule has 214 valence electrons. The number of carbonyl (C=O) groups is 2. The fourth-order valence-corrected chi connectivity index (χ4v) is 6.16. The lowest BCUT2D eigenvalue weighted by atomic mass is 10.1. The first-order valence-electron chi connectivity index (χ1n) is 13.5. The molecular weight excluding hydrogens is 546 g/mol. The van der Waals surface area contributed by atoms with Gasteiger partial charge in [-0.25, -0.2) is 8.42 Å². The number of aryl methyl sites for hydroxylation is 2. The molecule has 2 amide bonds. The Morgan fingerprint density at radius 3 is 2.08 bits per heavy atom. The third kappa shape index (κ3) is 7.43. The van der Waals surface area contributed by atoms with Crippen LogP contribution in [0.3, 0.4) is 0 Å². The van der Waals surface area contributed by atoms with Gasteiger partial charge in [0.1, 0.15) is 12.6 Å². The van der Waals surface area contributed by atoms with E-state index < -0.39 is 28.5 Å². The molecule has 40 heavy (non-hydrogen) atoms. The van der Waals surface area contributed by atoms with Crippen LogP contribution < -0.4 is 9.62 Å². The predicted molar refractivity (Wildman–Crippen MR) is 161 cm³/mol. The lowest BCUT2D eigenvalue weighted by Crippen LogP contribution is -2.53. The third-order valence-corrected chi connectivity index (χ3v) is 8.79. The van der Waals surface area contributed by atoms with Gasteiger partial charge in [-0.2, -0.15) is 0 Å². The molecule has 0 aromatic heterocycles. The van der Waals surface area contributed by atoms with E-state index in [1.54, 1.807) is 54.6 Å². The van der Waals surface area contributed by atoms with Gasteiger partial charge in [-0.3, -0.25) is 13.9 Å². The molecule has 0 saturated heterocycles. The van der Waals surface area contributed by atoms with E-state index in [1.807, 2.05) is 52.8 Å². The van der Waals surface area contributed by atoms with E-state index in [1.165, 1.54) is 4.90 Å². The summed E-state index contributed by atoms with van der Waals surface area (Å²) in [4.78, 5) is 28.9. The number of sulfonamides is 1. The van der Waals surface area contributed by atoms with Gasteiger partial charge in [0, 0.05) is 17.6 Å². The van der Waals surface area contributed by atoms with Crippen molar-refractivity contribution in [1.82, 2.24) is 10.2 Å². The average molecular weight is 584 g/mol. The van der Waals surface area contributed by atoms with E-state index in [-0.39, 0.29) is 23.4 Å². The number of carbonyl (C=O) groups excluding carboxylic acids is 2. The minimum Gasteiger partial charge on any atom is -0.352 e. The zero-order valence-electron chi connectivity index (χ0n) is 23.7. The van der Waals surface area contributed by atoms with Crippen LogP contribution in [0.1, 0.15) is 50.8 Å². The molecule has 7 nitrogen and oxygen atoms in total. The average Bonchev–Trinajstić information content (AvgIpc) is 2.92. The van der Waals surface area contributed by atoms with Gasteiger partial charge in [0.15, 0.2) is 0 Å². The lowest BCUT2D eigenvalue weighted by Gasteiger charge is -2.34. The zero-order chi connectivity index (χ0) is 29.4. The van der Waals surface area contributed by atoms with Crippen LogP contribution in [0.15, 0.2) is 77.7 Å². The highest BCUT2D eigenvalue weighted by atomic mass is 35.5. The van der Waals surface area contributed by atoms with Crippen molar-refractivity contribution in [3.05, 3.63) is 94.5 Å². The molecule has 0 aliphatic heterocycles. The molecule has 3 rings (SSSR count). The molecule has 0 unspecified atom stereocenters. The number of hydrogen-bond acceptors (Lipinski definition) is 4. The fraction of sp³-hybridized carbons (Fsp3) is 0.355. The minimum atomic E-state index is -4.13. The Morgan fingerprint density at radius 1 is 0.900 bits per heavy atom. The number of benzene rings is 3. The van der Waals surface area contributed by atoms with E-state index in [0.29, 0.717) is 29.1 Å². The highest BCUT2D eigenvalue weighted by Gasteiger charge is 2.34. The lowest BCUT2D eigenvalue weighted by molar-refractivity contribution is -0.140. The van der Waals surface area contributed by atoms with Crippen LogP contribution in [-0.2, 0) is 32.6 Å². The summed E-state index contributed by atoms with van der Waals surface area (Å²) in [5.41, 5.74) is 2.79. The second-order valence-electron chi connectivity index (χ2n) is 10.0. The second kappa shape index (κ2) is 13.8. The van der Waals surface area contributed by atoms with E-state index in [0.717, 1.165) is 15.4 Å². The molecule has 0 aliphatic carbocycles. The second-order valence-corrected chi connectivity index (χ2v) is 12.3. The SMILES string of the molecule is CCc1ccccc1N(CC(=O)N(Cc1ccccc1Cl)[C@@H](CC)C(=O)NC(C)C)S(=O)(=O)c1ccc(C)cc1. The summed E-state index contributed by atoms with van der Waals surface area (Å²) in [7, 11) is -4.13. The van der Waals surface area contributed by atoms with Crippen LogP contribution >= 0.6 is 11.6 Å². The van der Waals surface area contributed by atoms with Crippen LogP contribution in [0.25, 0.3) is 0 Å². The predicted octanol–water partition coefficient (Wildman–Crippen LogP) is 5.74. The molecule has 0 radical (unpaired) electrons. The Balaban J connectivity index is 2.11. The van der Waals surface area contributed by atoms with E-state index in [9.17, 15) is 18.0 Å². The van der Waals surface area contributed by atoms with E-state index in [4.69, 9.17) is 11.6 Å². The number of halogens is 1. The molecule has 0 bridgehead atoms. The Morgan fingerprint density at radius 2 is 1.50 bits per heavy atom. The van der Waals surface area contributed by atoms with Gasteiger partial charge >= 0.3 is 0 Å². The molecule has 1 N–H and O–H groups in total. The van der Waals surface area contributed by atoms with Crippen molar-refractivity contribution in [2.24, 2.45) is 0 Å². The number of amides is 2. The van der Waals surface area contributed by atoms with Crippen molar-refractivity contribution in [3.8, 4) is 0 Å². The molecule has 9 heteroatoms. The maximum Gasteiger partial charge on any atom is 0.264 e. The standard InChI is InChI=1S/C31H38ClN3O4S/c1-6-24-12-9-11-15-29(24)35(40(38,39)26-18-16-23(5)17-19-26)21-30(36)34(20-25-13-8-10-14-27(25)32)28(7-2)31(37)33-22(3)4/h8-19,22,28H,6-7,20-21H2,1-5H3,(H,33,37)/t28-/m0/s1. The van der Waals surface area contributed by atoms with Gasteiger partial charge in [0.2, 0.25) is 11.8 Å². The maximum absolute atomic E-state index is 14.2. The van der Waals surface area contributed by atoms with Gasteiger partial charge in [-0.15, -0.1) is 0 Å². The van der Waals surface area contributed by atoms with E-state index >= 15 is 0 Å². The Labute approximate surface area is 243 Å². The molecule has 3 aromatic carbocycles. The highest BCUT2D eigenvalue weighted by Crippen LogP contribution is 2.29. The summed E-state index contributed by atoms with van der Waals surface area (Å²) in [5, 5.41) is 3.35. The normalized spacial score (nSPS) is 12.2. The Bertz CT molecular complexity index is 1420. The quantitative estimate of drug-likeness (QED) is 0.295. The summed E-state index contributed by atoms with van der Waals surface area (Å²) in [6, 6.07) is 19.9. The number of rotatable bonds is 12. The number of hydrogen-bond donors (Lipinski definition) is 1. The van der Waals surface area contributed by atoms with Gasteiger partial charge in [-0.1, -0.05) is 79.5 Å². The van der Waals surface area contributed by atoms with Crippen LogP contribution in [0.4, 0.5) is 5.69 Å². The van der Waals surface area contributed by atoms with Gasteiger partial charge in [0.05, 0.1) is 10.6 Å². The maximum atomic E-state index is 14.2. The summed E-state index contributed by atoms with van der Waals surface area (Å²) in [6.45, 7) is 8.91. The largest absolute Gasteiger partial charge is 0.352 e. The van der Waals surface area contributed by atoms with Crippen molar-refractivity contribution in [2.75, 3.05) is 10.8 Å². The van der Waals surface area contributed by atoms with Gasteiger partial charge in [-0.05, 0) is 69.0 Å². The number of nitrogens with one attached hydrogen (secondary N) is 1. The van der Waals surface area contributed by atoms with Crippen molar-refractivity contribution in [3.63, 3.8) is 0 Å². The highest BCUT2D eigenvalue weighted by molar-refractivity contribution is 7.92. The van der Waals surface area contributed by atoms with Crippen LogP contribution in [-0.4, -0.2) is 43.8 Å². The van der Waals surface area contributed by atoms with Crippen molar-refractivity contribution in [2.45, 2.75) is 71.0 Å². The van der Waals surface area contributed by atoms with Crippen LogP contribution in [0.5, 0.6) is 0 Å². The van der Waals surface area contributed by atoms with Gasteiger partial charge in [0.25, 0.3) is 10.0 Å². The van der Waals surface area contributed by atoms with Crippen LogP contribution in [0.2, 0.25) is 5.02 Å². The number of nitrogens with zero attached hydrogens (tertiary/aromatic N) is 2. The minimum absolute atomic E-state index is 0.0520. The molecule has 0 heterocycles. The van der Waals surface area contributed by atoms with Crippen molar-refractivity contribution < 1.29 is 18.0 Å². The fourth-order valence-electron chi connectivity index (χ4n) is 4.51. The summed E-state index contributed by atoms with van der Waals surface area (Å²) < 4.78 is 29.3. The molecule has 1 atom stereocenters. The summed E-state index contributed by atoms with van der Waals surface area (Å²) in [6.07, 6.45) is 0.910. The van der Waals surface area contributed by atoms with Crippen LogP contribution in [0, 0.1) is 6.92 Å². The Hall–Kier alpha value is -3.36. The topological polar surface area (TPSA) is 86.8 Å². The van der Waals surface area contributed by atoms with Gasteiger partial charge < -0.3 is 10.2 Å². The van der Waals surface area contributed by atoms with Crippen molar-refractivity contribution in [1.29, 1.82) is 0 Å². The first kappa shape index (κ1) is 31.2. The first-order chi connectivity index (χ1) is 19.0. The van der Waals surface area contributed by atoms with E-state index in [2.05, 4.69) is 5.32 Å². The number of anilines is 1. The Kier molecular flexibility index (Phi) is 10.8. The molecule has 0 aliphatic rings. The molecular formula is C31H38ClN3O4S. The monoisotopic (exact) mass is 583 g/mol. The third-order valence-electron chi connectivity index (χ3n) is 6.64. The van der Waals surface area contributed by atoms with Crippen molar-refractivity contribution >= 4 is 39.1 Å². The summed E-state index contributed by atoms with van der Waals surface area (Å²) in [5.74, 6) is -0.813. The summed E-state index contributed by atoms with van der Waals surface area (Å²) >= 11 is 6.45.